The summed E-state index contributed by atoms with van der Waals surface area (Å²) in [6, 6.07) is 5.19. The van der Waals surface area contributed by atoms with E-state index in [1.54, 1.807) is 0 Å². The molecule has 0 spiro atoms. The zero-order valence-corrected chi connectivity index (χ0v) is 13.5. The maximum absolute atomic E-state index is 3.74. The van der Waals surface area contributed by atoms with Gasteiger partial charge in [0.1, 0.15) is 0 Å². The third-order valence-corrected chi connectivity index (χ3v) is 5.22. The second-order valence-electron chi connectivity index (χ2n) is 5.77. The van der Waals surface area contributed by atoms with Crippen molar-refractivity contribution in [2.75, 3.05) is 6.54 Å². The summed E-state index contributed by atoms with van der Waals surface area (Å²) in [6.07, 6.45) is 4.77. The van der Waals surface area contributed by atoms with Crippen LogP contribution < -0.4 is 5.32 Å². The number of thiophene rings is 1. The number of rotatable bonds is 8. The normalized spacial score (nSPS) is 13.8. The number of hydrogen-bond acceptors (Lipinski definition) is 2. The third kappa shape index (κ3) is 4.40. The largest absolute Gasteiger partial charge is 0.313 e. The summed E-state index contributed by atoms with van der Waals surface area (Å²) < 4.78 is 0. The Morgan fingerprint density at radius 1 is 1.17 bits per heavy atom. The summed E-state index contributed by atoms with van der Waals surface area (Å²) >= 11 is 1.98. The summed E-state index contributed by atoms with van der Waals surface area (Å²) in [4.78, 5) is 3.04. The van der Waals surface area contributed by atoms with Gasteiger partial charge in [-0.25, -0.2) is 0 Å². The minimum atomic E-state index is 0.367. The van der Waals surface area contributed by atoms with E-state index in [0.717, 1.165) is 13.0 Å². The van der Waals surface area contributed by atoms with Crippen LogP contribution in [0.5, 0.6) is 0 Å². The average Bonchev–Trinajstić information content (AvgIpc) is 2.82. The van der Waals surface area contributed by atoms with Gasteiger partial charge in [-0.05, 0) is 49.8 Å². The SMILES string of the molecule is CCCNC(Cc1ccc(CC)s1)C(C)(C)CC. The first-order chi connectivity index (χ1) is 8.53. The molecule has 0 amide bonds. The molecule has 1 aromatic heterocycles. The van der Waals surface area contributed by atoms with Crippen LogP contribution in [0.4, 0.5) is 0 Å². The standard InChI is InChI=1S/C16H29NS/c1-6-11-17-15(16(4,5)8-3)12-14-10-9-13(7-2)18-14/h9-10,15,17H,6-8,11-12H2,1-5H3. The number of aryl methyl sites for hydroxylation is 1. The van der Waals surface area contributed by atoms with E-state index < -0.39 is 0 Å². The zero-order chi connectivity index (χ0) is 13.6. The van der Waals surface area contributed by atoms with Gasteiger partial charge in [-0.3, -0.25) is 0 Å². The van der Waals surface area contributed by atoms with Crippen molar-refractivity contribution in [2.45, 2.75) is 66.3 Å². The van der Waals surface area contributed by atoms with Crippen molar-refractivity contribution in [1.29, 1.82) is 0 Å². The second-order valence-corrected chi connectivity index (χ2v) is 7.03. The minimum absolute atomic E-state index is 0.367. The van der Waals surface area contributed by atoms with E-state index in [9.17, 15) is 0 Å². The van der Waals surface area contributed by atoms with Crippen LogP contribution in [0, 0.1) is 5.41 Å². The molecule has 0 radical (unpaired) electrons. The highest BCUT2D eigenvalue weighted by Crippen LogP contribution is 2.29. The summed E-state index contributed by atoms with van der Waals surface area (Å²) in [5, 5.41) is 3.74. The van der Waals surface area contributed by atoms with Crippen LogP contribution in [-0.2, 0) is 12.8 Å². The molecule has 0 bridgehead atoms. The molecule has 1 nitrogen and oxygen atoms in total. The van der Waals surface area contributed by atoms with E-state index in [0.29, 0.717) is 11.5 Å². The van der Waals surface area contributed by atoms with Crippen LogP contribution in [0.2, 0.25) is 0 Å². The summed E-state index contributed by atoms with van der Waals surface area (Å²) in [7, 11) is 0. The monoisotopic (exact) mass is 267 g/mol. The van der Waals surface area contributed by atoms with Crippen LogP contribution in [0.25, 0.3) is 0 Å². The molecule has 0 saturated heterocycles. The molecule has 104 valence electrons. The fraction of sp³-hybridized carbons (Fsp3) is 0.750. The first-order valence-corrected chi connectivity index (χ1v) is 8.16. The Morgan fingerprint density at radius 2 is 1.83 bits per heavy atom. The Morgan fingerprint density at radius 3 is 2.33 bits per heavy atom. The molecule has 2 heteroatoms. The van der Waals surface area contributed by atoms with Gasteiger partial charge in [-0.15, -0.1) is 11.3 Å². The summed E-state index contributed by atoms with van der Waals surface area (Å²) in [5.74, 6) is 0. The van der Waals surface area contributed by atoms with Crippen LogP contribution >= 0.6 is 11.3 Å². The molecule has 18 heavy (non-hydrogen) atoms. The molecule has 1 N–H and O–H groups in total. The van der Waals surface area contributed by atoms with Crippen LogP contribution in [0.1, 0.15) is 57.2 Å². The molecule has 0 aliphatic carbocycles. The molecule has 1 aromatic rings. The summed E-state index contributed by atoms with van der Waals surface area (Å²) in [5.41, 5.74) is 0.367. The molecule has 0 aromatic carbocycles. The van der Waals surface area contributed by atoms with Gasteiger partial charge in [0.15, 0.2) is 0 Å². The lowest BCUT2D eigenvalue weighted by atomic mass is 9.80. The first kappa shape index (κ1) is 15.7. The highest BCUT2D eigenvalue weighted by atomic mass is 32.1. The van der Waals surface area contributed by atoms with E-state index >= 15 is 0 Å². The maximum Gasteiger partial charge on any atom is 0.0166 e. The lowest BCUT2D eigenvalue weighted by molar-refractivity contribution is 0.231. The van der Waals surface area contributed by atoms with Gasteiger partial charge in [-0.2, -0.15) is 0 Å². The Hall–Kier alpha value is -0.340. The van der Waals surface area contributed by atoms with Gasteiger partial charge in [0, 0.05) is 15.8 Å². The molecule has 0 saturated carbocycles. The van der Waals surface area contributed by atoms with Crippen LogP contribution in [0.15, 0.2) is 12.1 Å². The molecule has 1 unspecified atom stereocenters. The minimum Gasteiger partial charge on any atom is -0.313 e. The first-order valence-electron chi connectivity index (χ1n) is 7.34. The van der Waals surface area contributed by atoms with Gasteiger partial charge >= 0.3 is 0 Å². The van der Waals surface area contributed by atoms with Crippen molar-refractivity contribution < 1.29 is 0 Å². The van der Waals surface area contributed by atoms with Crippen LogP contribution in [0.3, 0.4) is 0 Å². The lowest BCUT2D eigenvalue weighted by Crippen LogP contribution is -2.43. The summed E-state index contributed by atoms with van der Waals surface area (Å²) in [6.45, 7) is 12.7. The Kier molecular flexibility index (Phi) is 6.37. The molecule has 0 aliphatic rings. The highest BCUT2D eigenvalue weighted by Gasteiger charge is 2.27. The zero-order valence-electron chi connectivity index (χ0n) is 12.7. The Bertz CT molecular complexity index is 341. The second kappa shape index (κ2) is 7.30. The average molecular weight is 267 g/mol. The van der Waals surface area contributed by atoms with E-state index in [4.69, 9.17) is 0 Å². The van der Waals surface area contributed by atoms with Crippen molar-refractivity contribution in [2.24, 2.45) is 5.41 Å². The van der Waals surface area contributed by atoms with E-state index in [2.05, 4.69) is 52.1 Å². The van der Waals surface area contributed by atoms with Crippen molar-refractivity contribution in [3.63, 3.8) is 0 Å². The molecular weight excluding hydrogens is 238 g/mol. The number of hydrogen-bond donors (Lipinski definition) is 1. The van der Waals surface area contributed by atoms with Gasteiger partial charge in [0.2, 0.25) is 0 Å². The predicted molar refractivity (Wildman–Crippen MR) is 83.6 cm³/mol. The Balaban J connectivity index is 2.71. The Labute approximate surface area is 117 Å². The van der Waals surface area contributed by atoms with Crippen molar-refractivity contribution >= 4 is 11.3 Å². The van der Waals surface area contributed by atoms with Crippen molar-refractivity contribution in [1.82, 2.24) is 5.32 Å². The van der Waals surface area contributed by atoms with E-state index in [1.807, 2.05) is 11.3 Å². The molecule has 0 aliphatic heterocycles. The smallest absolute Gasteiger partial charge is 0.0166 e. The molecule has 1 rings (SSSR count). The third-order valence-electron chi connectivity index (χ3n) is 3.97. The maximum atomic E-state index is 3.74. The lowest BCUT2D eigenvalue weighted by Gasteiger charge is -2.34. The molecule has 0 fully saturated rings. The topological polar surface area (TPSA) is 12.0 Å². The van der Waals surface area contributed by atoms with Crippen molar-refractivity contribution in [3.8, 4) is 0 Å². The molecule has 1 heterocycles. The van der Waals surface area contributed by atoms with E-state index in [1.165, 1.54) is 29.0 Å². The highest BCUT2D eigenvalue weighted by molar-refractivity contribution is 7.11. The van der Waals surface area contributed by atoms with Gasteiger partial charge in [0.05, 0.1) is 0 Å². The van der Waals surface area contributed by atoms with Gasteiger partial charge in [-0.1, -0.05) is 34.6 Å². The van der Waals surface area contributed by atoms with Gasteiger partial charge < -0.3 is 5.32 Å². The van der Waals surface area contributed by atoms with Crippen molar-refractivity contribution in [3.05, 3.63) is 21.9 Å². The van der Waals surface area contributed by atoms with Gasteiger partial charge in [0.25, 0.3) is 0 Å². The molecular formula is C16H29NS. The quantitative estimate of drug-likeness (QED) is 0.722. The van der Waals surface area contributed by atoms with E-state index in [-0.39, 0.29) is 0 Å². The van der Waals surface area contributed by atoms with Crippen LogP contribution in [-0.4, -0.2) is 12.6 Å². The fourth-order valence-corrected chi connectivity index (χ4v) is 3.12. The fourth-order valence-electron chi connectivity index (χ4n) is 2.11. The number of nitrogens with one attached hydrogen (secondary N) is 1. The predicted octanol–water partition coefficient (Wildman–Crippen LogP) is 4.66. The molecule has 1 atom stereocenters.